The fourth-order valence-electron chi connectivity index (χ4n) is 2.00. The summed E-state index contributed by atoms with van der Waals surface area (Å²) >= 11 is 0. The Morgan fingerprint density at radius 2 is 1.94 bits per heavy atom. The molecule has 0 aliphatic carbocycles. The van der Waals surface area contributed by atoms with Crippen LogP contribution in [-0.4, -0.2) is 24.3 Å². The highest BCUT2D eigenvalue weighted by Gasteiger charge is 2.21. The van der Waals surface area contributed by atoms with Gasteiger partial charge in [-0.1, -0.05) is 37.6 Å². The van der Waals surface area contributed by atoms with Gasteiger partial charge in [0.05, 0.1) is 12.5 Å². The molecular weight excluding hydrogens is 228 g/mol. The molecule has 0 saturated heterocycles. The molecule has 1 atom stereocenters. The van der Waals surface area contributed by atoms with Crippen LogP contribution in [0.4, 0.5) is 0 Å². The summed E-state index contributed by atoms with van der Waals surface area (Å²) in [5.74, 6) is -0.611. The van der Waals surface area contributed by atoms with Crippen molar-refractivity contribution in [2.45, 2.75) is 39.0 Å². The molecule has 0 aromatic heterocycles. The standard InChI is InChI=1S/C15H22O3/c1-3-5-12-6-8-13(9-7-12)14(10-11-16)15(17)18-4-2/h6-9,14,16H,3-5,10-11H2,1-2H3. The highest BCUT2D eigenvalue weighted by Crippen LogP contribution is 2.22. The number of ether oxygens (including phenoxy) is 1. The third kappa shape index (κ3) is 4.15. The summed E-state index contributed by atoms with van der Waals surface area (Å²) in [5, 5.41) is 9.05. The molecule has 0 spiro atoms. The van der Waals surface area contributed by atoms with Crippen LogP contribution in [0.15, 0.2) is 24.3 Å². The average molecular weight is 250 g/mol. The lowest BCUT2D eigenvalue weighted by Crippen LogP contribution is -2.17. The number of carbonyl (C=O) groups is 1. The minimum absolute atomic E-state index is 0.0137. The van der Waals surface area contributed by atoms with Gasteiger partial charge in [-0.05, 0) is 30.9 Å². The Morgan fingerprint density at radius 1 is 1.28 bits per heavy atom. The topological polar surface area (TPSA) is 46.5 Å². The maximum atomic E-state index is 11.8. The molecule has 0 aliphatic heterocycles. The zero-order valence-corrected chi connectivity index (χ0v) is 11.2. The Bertz CT molecular complexity index is 357. The molecule has 1 rings (SSSR count). The number of aliphatic hydroxyl groups is 1. The molecule has 0 amide bonds. The Hall–Kier alpha value is -1.35. The third-order valence-corrected chi connectivity index (χ3v) is 2.91. The van der Waals surface area contributed by atoms with Crippen LogP contribution in [-0.2, 0) is 16.0 Å². The van der Waals surface area contributed by atoms with Crippen LogP contribution < -0.4 is 0 Å². The van der Waals surface area contributed by atoms with E-state index in [9.17, 15) is 4.79 Å². The van der Waals surface area contributed by atoms with Gasteiger partial charge in [0.1, 0.15) is 0 Å². The molecule has 100 valence electrons. The van der Waals surface area contributed by atoms with Crippen molar-refractivity contribution < 1.29 is 14.6 Å². The first-order chi connectivity index (χ1) is 8.72. The summed E-state index contributed by atoms with van der Waals surface area (Å²) < 4.78 is 5.04. The molecule has 0 radical (unpaired) electrons. The second-order valence-electron chi connectivity index (χ2n) is 4.31. The van der Waals surface area contributed by atoms with E-state index in [4.69, 9.17) is 9.84 Å². The number of aryl methyl sites for hydroxylation is 1. The fourth-order valence-corrected chi connectivity index (χ4v) is 2.00. The van der Waals surface area contributed by atoms with Gasteiger partial charge in [0.25, 0.3) is 0 Å². The zero-order chi connectivity index (χ0) is 13.4. The van der Waals surface area contributed by atoms with Gasteiger partial charge in [0.2, 0.25) is 0 Å². The monoisotopic (exact) mass is 250 g/mol. The van der Waals surface area contributed by atoms with E-state index in [1.54, 1.807) is 6.92 Å². The fraction of sp³-hybridized carbons (Fsp3) is 0.533. The second-order valence-corrected chi connectivity index (χ2v) is 4.31. The number of esters is 1. The Labute approximate surface area is 109 Å². The number of benzene rings is 1. The number of aliphatic hydroxyl groups excluding tert-OH is 1. The third-order valence-electron chi connectivity index (χ3n) is 2.91. The lowest BCUT2D eigenvalue weighted by atomic mass is 9.94. The van der Waals surface area contributed by atoms with Crippen molar-refractivity contribution in [3.63, 3.8) is 0 Å². The van der Waals surface area contributed by atoms with E-state index in [0.29, 0.717) is 13.0 Å². The van der Waals surface area contributed by atoms with Gasteiger partial charge in [-0.3, -0.25) is 4.79 Å². The zero-order valence-electron chi connectivity index (χ0n) is 11.2. The molecular formula is C15H22O3. The van der Waals surface area contributed by atoms with Gasteiger partial charge < -0.3 is 9.84 Å². The first-order valence-corrected chi connectivity index (χ1v) is 6.59. The van der Waals surface area contributed by atoms with Crippen LogP contribution in [0.5, 0.6) is 0 Å². The Kier molecular flexibility index (Phi) is 6.44. The van der Waals surface area contributed by atoms with Crippen molar-refractivity contribution in [1.82, 2.24) is 0 Å². The minimum Gasteiger partial charge on any atom is -0.466 e. The van der Waals surface area contributed by atoms with E-state index in [-0.39, 0.29) is 18.5 Å². The average Bonchev–Trinajstić information content (AvgIpc) is 2.38. The van der Waals surface area contributed by atoms with E-state index < -0.39 is 0 Å². The second kappa shape index (κ2) is 7.88. The molecule has 0 bridgehead atoms. The Balaban J connectivity index is 2.81. The summed E-state index contributed by atoms with van der Waals surface area (Å²) in [5.41, 5.74) is 2.19. The number of hydrogen-bond donors (Lipinski definition) is 1. The number of rotatable bonds is 7. The molecule has 1 aromatic rings. The summed E-state index contributed by atoms with van der Waals surface area (Å²) in [6.07, 6.45) is 2.56. The van der Waals surface area contributed by atoms with Crippen LogP contribution in [0, 0.1) is 0 Å². The molecule has 0 saturated carbocycles. The van der Waals surface area contributed by atoms with Gasteiger partial charge in [-0.15, -0.1) is 0 Å². The van der Waals surface area contributed by atoms with Gasteiger partial charge >= 0.3 is 5.97 Å². The predicted molar refractivity (Wildman–Crippen MR) is 71.5 cm³/mol. The first kappa shape index (κ1) is 14.7. The van der Waals surface area contributed by atoms with Crippen molar-refractivity contribution in [2.24, 2.45) is 0 Å². The molecule has 1 aromatic carbocycles. The molecule has 0 heterocycles. The highest BCUT2D eigenvalue weighted by molar-refractivity contribution is 5.78. The van der Waals surface area contributed by atoms with Crippen molar-refractivity contribution in [3.8, 4) is 0 Å². The first-order valence-electron chi connectivity index (χ1n) is 6.59. The largest absolute Gasteiger partial charge is 0.466 e. The van der Waals surface area contributed by atoms with Crippen LogP contribution in [0.1, 0.15) is 43.7 Å². The molecule has 18 heavy (non-hydrogen) atoms. The number of hydrogen-bond acceptors (Lipinski definition) is 3. The van der Waals surface area contributed by atoms with Crippen LogP contribution in [0.25, 0.3) is 0 Å². The predicted octanol–water partition coefficient (Wildman–Crippen LogP) is 2.67. The number of carbonyl (C=O) groups excluding carboxylic acids is 1. The van der Waals surface area contributed by atoms with Gasteiger partial charge in [-0.25, -0.2) is 0 Å². The maximum Gasteiger partial charge on any atom is 0.313 e. The van der Waals surface area contributed by atoms with Crippen molar-refractivity contribution in [3.05, 3.63) is 35.4 Å². The van der Waals surface area contributed by atoms with Gasteiger partial charge in [-0.2, -0.15) is 0 Å². The van der Waals surface area contributed by atoms with Crippen LogP contribution in [0.3, 0.4) is 0 Å². The van der Waals surface area contributed by atoms with Gasteiger partial charge in [0.15, 0.2) is 0 Å². The normalized spacial score (nSPS) is 12.2. The summed E-state index contributed by atoms with van der Waals surface area (Å²) in [6, 6.07) is 8.01. The van der Waals surface area contributed by atoms with Crippen molar-refractivity contribution >= 4 is 5.97 Å². The lowest BCUT2D eigenvalue weighted by Gasteiger charge is -2.15. The van der Waals surface area contributed by atoms with E-state index in [1.165, 1.54) is 5.56 Å². The molecule has 3 heteroatoms. The quantitative estimate of drug-likeness (QED) is 0.757. The summed E-state index contributed by atoms with van der Waals surface area (Å²) in [4.78, 5) is 11.8. The SMILES string of the molecule is CCCc1ccc(C(CCO)C(=O)OCC)cc1. The lowest BCUT2D eigenvalue weighted by molar-refractivity contribution is -0.145. The molecule has 3 nitrogen and oxygen atoms in total. The van der Waals surface area contributed by atoms with Crippen molar-refractivity contribution in [2.75, 3.05) is 13.2 Å². The van der Waals surface area contributed by atoms with E-state index in [1.807, 2.05) is 24.3 Å². The van der Waals surface area contributed by atoms with E-state index in [0.717, 1.165) is 18.4 Å². The highest BCUT2D eigenvalue weighted by atomic mass is 16.5. The molecule has 1 unspecified atom stereocenters. The van der Waals surface area contributed by atoms with Gasteiger partial charge in [0, 0.05) is 6.61 Å². The van der Waals surface area contributed by atoms with Crippen molar-refractivity contribution in [1.29, 1.82) is 0 Å². The maximum absolute atomic E-state index is 11.8. The molecule has 1 N–H and O–H groups in total. The molecule has 0 fully saturated rings. The van der Waals surface area contributed by atoms with Crippen LogP contribution in [0.2, 0.25) is 0 Å². The van der Waals surface area contributed by atoms with Crippen LogP contribution >= 0.6 is 0 Å². The van der Waals surface area contributed by atoms with E-state index in [2.05, 4.69) is 6.92 Å². The summed E-state index contributed by atoms with van der Waals surface area (Å²) in [7, 11) is 0. The Morgan fingerprint density at radius 3 is 2.44 bits per heavy atom. The smallest absolute Gasteiger partial charge is 0.313 e. The molecule has 0 aliphatic rings. The minimum atomic E-state index is -0.356. The van der Waals surface area contributed by atoms with E-state index >= 15 is 0 Å². The summed E-state index contributed by atoms with van der Waals surface area (Å²) in [6.45, 7) is 4.29.